The van der Waals surface area contributed by atoms with Crippen LogP contribution < -0.4 is 14.9 Å². The number of alkyl halides is 3. The number of carbonyl (C=O) groups is 2. The van der Waals surface area contributed by atoms with Crippen LogP contribution in [0.3, 0.4) is 0 Å². The van der Waals surface area contributed by atoms with E-state index in [1.54, 1.807) is 39.8 Å². The molecule has 444 valence electrons. The lowest BCUT2D eigenvalue weighted by Gasteiger charge is -2.39. The van der Waals surface area contributed by atoms with Crippen LogP contribution in [0.5, 0.6) is 0 Å². The van der Waals surface area contributed by atoms with Crippen molar-refractivity contribution in [2.24, 2.45) is 10.8 Å². The van der Waals surface area contributed by atoms with Gasteiger partial charge in [0.1, 0.15) is 4.90 Å². The molecule has 1 unspecified atom stereocenters. The third-order valence-corrected chi connectivity index (χ3v) is 20.8. The van der Waals surface area contributed by atoms with Crippen LogP contribution in [0.4, 0.5) is 24.5 Å². The molecule has 0 aromatic heterocycles. The van der Waals surface area contributed by atoms with Crippen molar-refractivity contribution in [3.63, 3.8) is 0 Å². The second kappa shape index (κ2) is 27.5. The number of nitrogens with zero attached hydrogens (tertiary/aromatic N) is 4. The Morgan fingerprint density at radius 1 is 0.815 bits per heavy atom. The summed E-state index contributed by atoms with van der Waals surface area (Å²) >= 11 is 7.62. The van der Waals surface area contributed by atoms with Crippen LogP contribution in [0.1, 0.15) is 83.1 Å². The van der Waals surface area contributed by atoms with Crippen LogP contribution in [0.25, 0.3) is 5.57 Å². The highest BCUT2D eigenvalue weighted by molar-refractivity contribution is 7.99. The average molecular weight is 1220 g/mol. The predicted octanol–water partition coefficient (Wildman–Crippen LogP) is 10.9. The molecular formula is C57H75ClF3N6O10PS3. The van der Waals surface area contributed by atoms with Gasteiger partial charge in [-0.15, -0.1) is 11.8 Å². The summed E-state index contributed by atoms with van der Waals surface area (Å²) in [6.45, 7) is 18.0. The van der Waals surface area contributed by atoms with E-state index in [1.165, 1.54) is 40.6 Å². The Bertz CT molecular complexity index is 3100. The van der Waals surface area contributed by atoms with E-state index in [1.807, 2.05) is 47.2 Å². The summed E-state index contributed by atoms with van der Waals surface area (Å²) in [5.74, 6) is -1.27. The van der Waals surface area contributed by atoms with Crippen LogP contribution >= 0.6 is 31.0 Å². The number of esters is 1. The lowest BCUT2D eigenvalue weighted by atomic mass is 9.73. The number of allylic oxidation sites excluding steroid dienone is 1. The molecule has 7 rings (SSSR count). The fourth-order valence-electron chi connectivity index (χ4n) is 9.91. The molecule has 4 aromatic rings. The number of hydrogen-bond acceptors (Lipinski definition) is 16. The van der Waals surface area contributed by atoms with Gasteiger partial charge in [-0.1, -0.05) is 61.4 Å². The highest BCUT2D eigenvalue weighted by Crippen LogP contribution is 2.48. The minimum atomic E-state index is -6.14. The van der Waals surface area contributed by atoms with Crippen LogP contribution in [0.15, 0.2) is 117 Å². The Hall–Kier alpha value is -4.48. The fraction of sp³-hybridized carbons (Fsp3) is 0.509. The standard InChI is InChI=1S/C57H75ClF3N6O10PS3/c1-7-76-78(70,77-41-75-54(69)55(2,3)4)36-35-65-29-27-64(28-30-65)26-24-46(40-79-48-11-9-8-10-12-48)62-51-22-21-49(37-52(51)80(71,72)57(59,60)61)81(73,74)63-53(68)43-15-19-47(20-16-43)67-33-31-66(32-34-67)39-44-38-56(5,6)25-23-50(44)42-13-17-45(58)18-14-42/h8-22,37,46,62H,7,23-36,38-41H2,1-6H3,(H,63,68)/t46-,78?/m1/s1. The first-order valence-corrected chi connectivity index (χ1v) is 33.2. The van der Waals surface area contributed by atoms with Gasteiger partial charge < -0.3 is 29.3 Å². The molecule has 4 aromatic carbocycles. The van der Waals surface area contributed by atoms with Crippen molar-refractivity contribution >= 4 is 79.6 Å². The van der Waals surface area contributed by atoms with Gasteiger partial charge in [-0.25, -0.2) is 21.6 Å². The Morgan fingerprint density at radius 3 is 2.06 bits per heavy atom. The number of benzene rings is 4. The summed E-state index contributed by atoms with van der Waals surface area (Å²) in [6, 6.07) is 25.4. The molecule has 0 bridgehead atoms. The summed E-state index contributed by atoms with van der Waals surface area (Å²) < 4.78 is 129. The van der Waals surface area contributed by atoms with Gasteiger partial charge in [-0.05, 0) is 137 Å². The number of carbonyl (C=O) groups excluding carboxylic acids is 2. The number of sulfonamides is 1. The van der Waals surface area contributed by atoms with Gasteiger partial charge in [0.05, 0.1) is 28.8 Å². The first-order chi connectivity index (χ1) is 38.1. The van der Waals surface area contributed by atoms with Crippen LogP contribution in [0.2, 0.25) is 5.02 Å². The van der Waals surface area contributed by atoms with Crippen molar-refractivity contribution < 1.29 is 57.9 Å². The zero-order valence-corrected chi connectivity index (χ0v) is 50.9. The molecule has 24 heteroatoms. The summed E-state index contributed by atoms with van der Waals surface area (Å²) in [5, 5.41) is 3.72. The molecule has 2 atom stereocenters. The maximum Gasteiger partial charge on any atom is 0.501 e. The maximum absolute atomic E-state index is 14.5. The van der Waals surface area contributed by atoms with Crippen molar-refractivity contribution in [2.75, 3.05) is 108 Å². The molecule has 2 N–H and O–H groups in total. The zero-order chi connectivity index (χ0) is 58.8. The molecule has 1 amide bonds. The largest absolute Gasteiger partial charge is 0.501 e. The number of ether oxygens (including phenoxy) is 1. The predicted molar refractivity (Wildman–Crippen MR) is 313 cm³/mol. The number of amides is 1. The molecule has 0 saturated carbocycles. The van der Waals surface area contributed by atoms with Crippen LogP contribution in [0, 0.1) is 10.8 Å². The van der Waals surface area contributed by atoms with Gasteiger partial charge >= 0.3 is 19.1 Å². The van der Waals surface area contributed by atoms with E-state index < -0.39 is 78.6 Å². The Labute approximate surface area is 485 Å². The SMILES string of the molecule is CCOP(=O)(CCN1CCN(CC[C@H](CSc2ccccc2)Nc2ccc(S(=O)(=O)NC(=O)c3ccc(N4CCN(CC5=C(c6ccc(Cl)cc6)CCC(C)(C)C5)CC4)cc3)cc2S(=O)(=O)C(F)(F)F)CC1)OCOC(=O)C(C)(C)C. The molecule has 2 saturated heterocycles. The van der Waals surface area contributed by atoms with E-state index in [2.05, 4.69) is 50.9 Å². The Balaban J connectivity index is 0.979. The molecule has 2 heterocycles. The zero-order valence-electron chi connectivity index (χ0n) is 46.8. The monoisotopic (exact) mass is 1220 g/mol. The molecule has 3 aliphatic rings. The normalized spacial score (nSPS) is 18.3. The number of halogens is 4. The molecular weight excluding hydrogens is 1150 g/mol. The first-order valence-electron chi connectivity index (χ1n) is 27.1. The highest BCUT2D eigenvalue weighted by Gasteiger charge is 2.48. The van der Waals surface area contributed by atoms with E-state index >= 15 is 0 Å². The van der Waals surface area contributed by atoms with Gasteiger partial charge in [-0.2, -0.15) is 13.2 Å². The third kappa shape index (κ3) is 18.0. The fourth-order valence-corrected chi connectivity index (χ4v) is 14.5. The van der Waals surface area contributed by atoms with Crippen molar-refractivity contribution in [2.45, 2.75) is 93.5 Å². The van der Waals surface area contributed by atoms with Crippen molar-refractivity contribution in [1.82, 2.24) is 19.4 Å². The number of nitrogens with one attached hydrogen (secondary N) is 2. The number of thioether (sulfide) groups is 1. The third-order valence-electron chi connectivity index (χ3n) is 14.6. The molecule has 0 radical (unpaired) electrons. The lowest BCUT2D eigenvalue weighted by Crippen LogP contribution is -2.48. The van der Waals surface area contributed by atoms with E-state index in [-0.39, 0.29) is 23.7 Å². The lowest BCUT2D eigenvalue weighted by molar-refractivity contribution is -0.160. The molecule has 16 nitrogen and oxygen atoms in total. The molecule has 2 aliphatic heterocycles. The molecule has 1 aliphatic carbocycles. The van der Waals surface area contributed by atoms with Crippen LogP contribution in [-0.4, -0.2) is 152 Å². The van der Waals surface area contributed by atoms with Crippen LogP contribution in [-0.2, 0) is 43.0 Å². The van der Waals surface area contributed by atoms with Crippen molar-refractivity contribution in [3.05, 3.63) is 119 Å². The Kier molecular flexibility index (Phi) is 21.7. The van der Waals surface area contributed by atoms with Gasteiger partial charge in [0.25, 0.3) is 25.8 Å². The quantitative estimate of drug-likeness (QED) is 0.0292. The van der Waals surface area contributed by atoms with E-state index in [0.29, 0.717) is 75.6 Å². The van der Waals surface area contributed by atoms with Gasteiger partial charge in [0.15, 0.2) is 0 Å². The first kappa shape index (κ1) is 64.1. The second-order valence-electron chi connectivity index (χ2n) is 22.4. The second-order valence-corrected chi connectivity index (χ2v) is 29.7. The number of rotatable bonds is 24. The van der Waals surface area contributed by atoms with E-state index in [4.69, 9.17) is 25.4 Å². The smallest absolute Gasteiger partial charge is 0.438 e. The molecule has 0 spiro atoms. The van der Waals surface area contributed by atoms with Crippen molar-refractivity contribution in [3.8, 4) is 0 Å². The minimum absolute atomic E-state index is 0.0289. The van der Waals surface area contributed by atoms with E-state index in [9.17, 15) is 44.2 Å². The summed E-state index contributed by atoms with van der Waals surface area (Å²) in [6.07, 6.45) is 3.52. The van der Waals surface area contributed by atoms with Crippen molar-refractivity contribution in [1.29, 1.82) is 0 Å². The summed E-state index contributed by atoms with van der Waals surface area (Å²) in [7, 11) is -14.6. The summed E-state index contributed by atoms with van der Waals surface area (Å²) in [5.41, 5.74) is -2.00. The Morgan fingerprint density at radius 2 is 1.44 bits per heavy atom. The maximum atomic E-state index is 14.5. The number of anilines is 2. The summed E-state index contributed by atoms with van der Waals surface area (Å²) in [4.78, 5) is 33.3. The van der Waals surface area contributed by atoms with E-state index in [0.717, 1.165) is 61.6 Å². The van der Waals surface area contributed by atoms with Gasteiger partial charge in [0, 0.05) is 105 Å². The number of piperazine rings is 2. The highest BCUT2D eigenvalue weighted by atomic mass is 35.5. The van der Waals surface area contributed by atoms with Gasteiger partial charge in [-0.3, -0.25) is 23.6 Å². The molecule has 2 fully saturated rings. The van der Waals surface area contributed by atoms with Gasteiger partial charge in [0.2, 0.25) is 6.79 Å². The number of hydrogen-bond donors (Lipinski definition) is 2. The minimum Gasteiger partial charge on any atom is -0.438 e. The topological polar surface area (TPSA) is 184 Å². The molecule has 81 heavy (non-hydrogen) atoms. The average Bonchev–Trinajstić information content (AvgIpc) is 3.42. The number of sulfone groups is 1.